The minimum absolute atomic E-state index is 0.394. The molecule has 0 fully saturated rings. The standard InChI is InChI=1S/C19H23N3O5S/c1-14-7-5-9-16(11-14)22(28(4,24)25)13-18(23)21-20-12-15-8-6-10-17(26-2)19(15)27-3/h5-12H,13H2,1-4H3,(H,21,23)/b20-12-. The highest BCUT2D eigenvalue weighted by Crippen LogP contribution is 2.29. The maximum absolute atomic E-state index is 12.2. The molecule has 0 spiro atoms. The monoisotopic (exact) mass is 405 g/mol. The molecule has 0 atom stereocenters. The van der Waals surface area contributed by atoms with E-state index in [0.717, 1.165) is 16.1 Å². The molecule has 0 heterocycles. The van der Waals surface area contributed by atoms with E-state index in [0.29, 0.717) is 22.7 Å². The minimum Gasteiger partial charge on any atom is -0.493 e. The second-order valence-corrected chi connectivity index (χ2v) is 7.89. The first-order chi connectivity index (χ1) is 13.3. The summed E-state index contributed by atoms with van der Waals surface area (Å²) in [6.45, 7) is 1.45. The van der Waals surface area contributed by atoms with Crippen molar-refractivity contribution in [3.63, 3.8) is 0 Å². The number of rotatable bonds is 8. The molecule has 1 N–H and O–H groups in total. The molecule has 0 aliphatic carbocycles. The van der Waals surface area contributed by atoms with Gasteiger partial charge in [-0.3, -0.25) is 9.10 Å². The number of carbonyl (C=O) groups excluding carboxylic acids is 1. The number of hydrogen-bond donors (Lipinski definition) is 1. The van der Waals surface area contributed by atoms with Crippen molar-refractivity contribution in [2.75, 3.05) is 31.3 Å². The Kier molecular flexibility index (Phi) is 7.00. The number of carbonyl (C=O) groups is 1. The number of nitrogens with zero attached hydrogens (tertiary/aromatic N) is 2. The van der Waals surface area contributed by atoms with Crippen molar-refractivity contribution in [2.45, 2.75) is 6.92 Å². The first-order valence-corrected chi connectivity index (χ1v) is 10.2. The average molecular weight is 405 g/mol. The Balaban J connectivity index is 2.13. The number of sulfonamides is 1. The van der Waals surface area contributed by atoms with Crippen molar-refractivity contribution in [1.29, 1.82) is 0 Å². The fraction of sp³-hybridized carbons (Fsp3) is 0.263. The highest BCUT2D eigenvalue weighted by Gasteiger charge is 2.20. The van der Waals surface area contributed by atoms with Crippen molar-refractivity contribution >= 4 is 27.8 Å². The second-order valence-electron chi connectivity index (χ2n) is 5.98. The fourth-order valence-corrected chi connectivity index (χ4v) is 3.38. The molecule has 2 aromatic rings. The normalized spacial score (nSPS) is 11.3. The van der Waals surface area contributed by atoms with Crippen LogP contribution in [0.4, 0.5) is 5.69 Å². The lowest BCUT2D eigenvalue weighted by Crippen LogP contribution is -2.39. The van der Waals surface area contributed by atoms with Gasteiger partial charge in [-0.1, -0.05) is 18.2 Å². The second kappa shape index (κ2) is 9.23. The van der Waals surface area contributed by atoms with Crippen LogP contribution in [-0.2, 0) is 14.8 Å². The van der Waals surface area contributed by atoms with Gasteiger partial charge in [0.2, 0.25) is 10.0 Å². The molecule has 8 nitrogen and oxygen atoms in total. The number of hydrazone groups is 1. The van der Waals surface area contributed by atoms with Crippen LogP contribution in [0.2, 0.25) is 0 Å². The average Bonchev–Trinajstić information content (AvgIpc) is 2.64. The maximum atomic E-state index is 12.2. The van der Waals surface area contributed by atoms with E-state index in [1.807, 2.05) is 13.0 Å². The van der Waals surface area contributed by atoms with Gasteiger partial charge in [-0.05, 0) is 36.8 Å². The Hall–Kier alpha value is -3.07. The van der Waals surface area contributed by atoms with Gasteiger partial charge < -0.3 is 9.47 Å². The van der Waals surface area contributed by atoms with E-state index in [4.69, 9.17) is 9.47 Å². The van der Waals surface area contributed by atoms with Gasteiger partial charge in [0.05, 0.1) is 32.4 Å². The van der Waals surface area contributed by atoms with Crippen molar-refractivity contribution in [1.82, 2.24) is 5.43 Å². The van der Waals surface area contributed by atoms with E-state index in [1.165, 1.54) is 20.4 Å². The van der Waals surface area contributed by atoms with E-state index in [1.54, 1.807) is 36.4 Å². The third-order valence-corrected chi connectivity index (χ3v) is 4.94. The molecule has 0 unspecified atom stereocenters. The van der Waals surface area contributed by atoms with Gasteiger partial charge in [0.25, 0.3) is 5.91 Å². The lowest BCUT2D eigenvalue weighted by Gasteiger charge is -2.21. The van der Waals surface area contributed by atoms with Crippen LogP contribution in [0.3, 0.4) is 0 Å². The summed E-state index contributed by atoms with van der Waals surface area (Å²) in [6, 6.07) is 12.1. The lowest BCUT2D eigenvalue weighted by atomic mass is 10.2. The molecule has 0 aliphatic heterocycles. The van der Waals surface area contributed by atoms with Gasteiger partial charge in [-0.2, -0.15) is 5.10 Å². The van der Waals surface area contributed by atoms with Crippen LogP contribution in [0.1, 0.15) is 11.1 Å². The molecular weight excluding hydrogens is 382 g/mol. The molecule has 0 saturated carbocycles. The van der Waals surface area contributed by atoms with Crippen molar-refractivity contribution in [3.05, 3.63) is 53.6 Å². The van der Waals surface area contributed by atoms with Crippen LogP contribution in [-0.4, -0.2) is 47.6 Å². The van der Waals surface area contributed by atoms with Crippen molar-refractivity contribution in [3.8, 4) is 11.5 Å². The first kappa shape index (κ1) is 21.2. The van der Waals surface area contributed by atoms with E-state index in [-0.39, 0.29) is 0 Å². The summed E-state index contributed by atoms with van der Waals surface area (Å²) in [5, 5.41) is 3.89. The number of nitrogens with one attached hydrogen (secondary N) is 1. The molecule has 0 bridgehead atoms. The molecule has 150 valence electrons. The summed E-state index contributed by atoms with van der Waals surface area (Å²) in [6.07, 6.45) is 2.45. The van der Waals surface area contributed by atoms with Gasteiger partial charge in [-0.15, -0.1) is 0 Å². The first-order valence-electron chi connectivity index (χ1n) is 8.33. The third kappa shape index (κ3) is 5.46. The predicted octanol–water partition coefficient (Wildman–Crippen LogP) is 1.93. The van der Waals surface area contributed by atoms with Crippen molar-refractivity contribution < 1.29 is 22.7 Å². The molecule has 28 heavy (non-hydrogen) atoms. The number of ether oxygens (including phenoxy) is 2. The number of anilines is 1. The Morgan fingerprint density at radius 1 is 1.18 bits per heavy atom. The van der Waals surface area contributed by atoms with E-state index < -0.39 is 22.5 Å². The summed E-state index contributed by atoms with van der Waals surface area (Å²) in [7, 11) is -0.623. The zero-order valence-corrected chi connectivity index (χ0v) is 17.0. The van der Waals surface area contributed by atoms with Crippen molar-refractivity contribution in [2.24, 2.45) is 5.10 Å². The van der Waals surface area contributed by atoms with Crippen LogP contribution < -0.4 is 19.2 Å². The third-order valence-electron chi connectivity index (χ3n) is 3.80. The molecule has 2 rings (SSSR count). The number of amides is 1. The molecule has 9 heteroatoms. The lowest BCUT2D eigenvalue weighted by molar-refractivity contribution is -0.119. The van der Waals surface area contributed by atoms with E-state index in [9.17, 15) is 13.2 Å². The Labute approximate surface area is 164 Å². The highest BCUT2D eigenvalue weighted by atomic mass is 32.2. The highest BCUT2D eigenvalue weighted by molar-refractivity contribution is 7.92. The Bertz CT molecular complexity index is 973. The van der Waals surface area contributed by atoms with Crippen LogP contribution >= 0.6 is 0 Å². The van der Waals surface area contributed by atoms with Crippen LogP contribution in [0, 0.1) is 6.92 Å². The van der Waals surface area contributed by atoms with Gasteiger partial charge in [0.15, 0.2) is 11.5 Å². The summed E-state index contributed by atoms with van der Waals surface area (Å²) >= 11 is 0. The zero-order valence-electron chi connectivity index (χ0n) is 16.2. The molecular formula is C19H23N3O5S. The number of benzene rings is 2. The quantitative estimate of drug-likeness (QED) is 0.535. The smallest absolute Gasteiger partial charge is 0.260 e. The van der Waals surface area contributed by atoms with E-state index >= 15 is 0 Å². The zero-order chi connectivity index (χ0) is 20.7. The molecule has 0 aliphatic rings. The molecule has 2 aromatic carbocycles. The Morgan fingerprint density at radius 2 is 1.89 bits per heavy atom. The summed E-state index contributed by atoms with van der Waals surface area (Å²) in [5.74, 6) is 0.422. The van der Waals surface area contributed by atoms with Crippen LogP contribution in [0.15, 0.2) is 47.6 Å². The fourth-order valence-electron chi connectivity index (χ4n) is 2.54. The number of aryl methyl sites for hydroxylation is 1. The van der Waals surface area contributed by atoms with Gasteiger partial charge in [0, 0.05) is 5.56 Å². The van der Waals surface area contributed by atoms with Crippen LogP contribution in [0.25, 0.3) is 0 Å². The minimum atomic E-state index is -3.64. The molecule has 0 saturated heterocycles. The summed E-state index contributed by atoms with van der Waals surface area (Å²) < 4.78 is 35.7. The van der Waals surface area contributed by atoms with Gasteiger partial charge >= 0.3 is 0 Å². The SMILES string of the molecule is COc1cccc(/C=N\NC(=O)CN(c2cccc(C)c2)S(C)(=O)=O)c1OC. The van der Waals surface area contributed by atoms with E-state index in [2.05, 4.69) is 10.5 Å². The number of hydrogen-bond acceptors (Lipinski definition) is 6. The maximum Gasteiger partial charge on any atom is 0.260 e. The summed E-state index contributed by atoms with van der Waals surface area (Å²) in [5.41, 5.74) is 4.23. The Morgan fingerprint density at radius 3 is 2.50 bits per heavy atom. The molecule has 0 aromatic heterocycles. The topological polar surface area (TPSA) is 97.3 Å². The number of methoxy groups -OCH3 is 2. The van der Waals surface area contributed by atoms with Gasteiger partial charge in [0.1, 0.15) is 6.54 Å². The predicted molar refractivity (Wildman–Crippen MR) is 109 cm³/mol. The van der Waals surface area contributed by atoms with Crippen LogP contribution in [0.5, 0.6) is 11.5 Å². The number of para-hydroxylation sites is 1. The van der Waals surface area contributed by atoms with Gasteiger partial charge in [-0.25, -0.2) is 13.8 Å². The largest absolute Gasteiger partial charge is 0.493 e. The molecule has 1 amide bonds. The summed E-state index contributed by atoms with van der Waals surface area (Å²) in [4.78, 5) is 12.2. The molecule has 0 radical (unpaired) electrons.